The highest BCUT2D eigenvalue weighted by molar-refractivity contribution is 5.69. The normalized spacial score (nSPS) is 27.7. The third kappa shape index (κ3) is 5.75. The fourth-order valence-corrected chi connectivity index (χ4v) is 4.54. The van der Waals surface area contributed by atoms with Crippen LogP contribution in [0.1, 0.15) is 59.3 Å². The Morgan fingerprint density at radius 1 is 1.13 bits per heavy atom. The average Bonchev–Trinajstić information content (AvgIpc) is 2.54. The molecule has 2 fully saturated rings. The number of aliphatic carboxylic acids is 1. The number of likely N-dealkylation sites (tertiary alicyclic amines) is 1. The Morgan fingerprint density at radius 3 is 2.22 bits per heavy atom. The molecule has 0 bridgehead atoms. The van der Waals surface area contributed by atoms with Crippen LogP contribution in [0.15, 0.2) is 0 Å². The first-order valence-corrected chi connectivity index (χ1v) is 9.67. The summed E-state index contributed by atoms with van der Waals surface area (Å²) in [6.45, 7) is 11.4. The van der Waals surface area contributed by atoms with Crippen molar-refractivity contribution in [3.05, 3.63) is 0 Å². The summed E-state index contributed by atoms with van der Waals surface area (Å²) < 4.78 is 0. The van der Waals surface area contributed by atoms with Gasteiger partial charge in [-0.2, -0.15) is 0 Å². The Morgan fingerprint density at radius 2 is 1.74 bits per heavy atom. The molecule has 0 spiro atoms. The fraction of sp³-hybridized carbons (Fsp3) is 0.947. The number of hydrogen-bond acceptors (Lipinski definition) is 3. The van der Waals surface area contributed by atoms with E-state index in [1.807, 2.05) is 0 Å². The summed E-state index contributed by atoms with van der Waals surface area (Å²) in [4.78, 5) is 15.7. The van der Waals surface area contributed by atoms with Gasteiger partial charge in [-0.3, -0.25) is 9.69 Å². The predicted molar refractivity (Wildman–Crippen MR) is 94.6 cm³/mol. The lowest BCUT2D eigenvalue weighted by Gasteiger charge is -2.40. The monoisotopic (exact) mass is 324 g/mol. The molecule has 1 saturated carbocycles. The van der Waals surface area contributed by atoms with Crippen molar-refractivity contribution in [1.82, 2.24) is 9.80 Å². The summed E-state index contributed by atoms with van der Waals surface area (Å²) in [6.07, 6.45) is 7.90. The minimum Gasteiger partial charge on any atom is -0.480 e. The molecule has 1 aliphatic heterocycles. The zero-order chi connectivity index (χ0) is 16.8. The number of piperidine rings is 1. The number of likely N-dealkylation sites (N-methyl/N-ethyl adjacent to an activating group) is 1. The number of nitrogens with zero attached hydrogens (tertiary/aromatic N) is 2. The second kappa shape index (κ2) is 9.03. The predicted octanol–water partition coefficient (Wildman–Crippen LogP) is 3.32. The lowest BCUT2D eigenvalue weighted by molar-refractivity contribution is -0.139. The molecular formula is C19H36N2O2. The number of hydrogen-bond donors (Lipinski definition) is 1. The largest absolute Gasteiger partial charge is 0.480 e. The lowest BCUT2D eigenvalue weighted by Crippen LogP contribution is -2.47. The van der Waals surface area contributed by atoms with Crippen molar-refractivity contribution in [3.63, 3.8) is 0 Å². The zero-order valence-electron chi connectivity index (χ0n) is 15.3. The first-order valence-electron chi connectivity index (χ1n) is 9.67. The van der Waals surface area contributed by atoms with Crippen LogP contribution in [0, 0.1) is 17.8 Å². The van der Waals surface area contributed by atoms with Gasteiger partial charge in [0, 0.05) is 12.6 Å². The Kier molecular flexibility index (Phi) is 7.35. The molecular weight excluding hydrogens is 288 g/mol. The Bertz CT molecular complexity index is 356. The van der Waals surface area contributed by atoms with Gasteiger partial charge >= 0.3 is 5.97 Å². The molecule has 4 heteroatoms. The summed E-state index contributed by atoms with van der Waals surface area (Å²) in [5, 5.41) is 9.02. The van der Waals surface area contributed by atoms with E-state index in [4.69, 9.17) is 5.11 Å². The standard InChI is InChI=1S/C19H36N2O2/c1-4-21(14-19(22)23)18-9-11-20(12-10-18)13-16-5-7-17(8-6-16)15(2)3/h15-18H,4-14H2,1-3H3,(H,22,23). The SMILES string of the molecule is CCN(CC(=O)O)C1CCN(CC2CCC(C(C)C)CC2)CC1. The zero-order valence-corrected chi connectivity index (χ0v) is 15.3. The van der Waals surface area contributed by atoms with E-state index in [2.05, 4.69) is 30.6 Å². The van der Waals surface area contributed by atoms with Crippen molar-refractivity contribution in [2.45, 2.75) is 65.3 Å². The first kappa shape index (κ1) is 18.7. The van der Waals surface area contributed by atoms with Crippen molar-refractivity contribution < 1.29 is 9.90 Å². The summed E-state index contributed by atoms with van der Waals surface area (Å²) in [5.74, 6) is 1.99. The van der Waals surface area contributed by atoms with Crippen LogP contribution in [-0.2, 0) is 4.79 Å². The van der Waals surface area contributed by atoms with E-state index in [1.165, 1.54) is 32.2 Å². The van der Waals surface area contributed by atoms with E-state index in [0.29, 0.717) is 6.04 Å². The van der Waals surface area contributed by atoms with Gasteiger partial charge in [-0.05, 0) is 75.9 Å². The van der Waals surface area contributed by atoms with Crippen molar-refractivity contribution in [1.29, 1.82) is 0 Å². The van der Waals surface area contributed by atoms with Gasteiger partial charge in [0.1, 0.15) is 0 Å². The molecule has 2 aliphatic rings. The van der Waals surface area contributed by atoms with Gasteiger partial charge < -0.3 is 10.0 Å². The van der Waals surface area contributed by atoms with Crippen molar-refractivity contribution in [2.24, 2.45) is 17.8 Å². The second-order valence-corrected chi connectivity index (χ2v) is 8.01. The maximum absolute atomic E-state index is 11.0. The molecule has 134 valence electrons. The van der Waals surface area contributed by atoms with Gasteiger partial charge in [0.25, 0.3) is 0 Å². The third-order valence-electron chi connectivity index (χ3n) is 6.17. The quantitative estimate of drug-likeness (QED) is 0.780. The van der Waals surface area contributed by atoms with E-state index in [9.17, 15) is 4.79 Å². The summed E-state index contributed by atoms with van der Waals surface area (Å²) >= 11 is 0. The molecule has 0 radical (unpaired) electrons. The van der Waals surface area contributed by atoms with Crippen LogP contribution < -0.4 is 0 Å². The summed E-state index contributed by atoms with van der Waals surface area (Å²) in [6, 6.07) is 0.462. The van der Waals surface area contributed by atoms with E-state index in [0.717, 1.165) is 50.2 Å². The Balaban J connectivity index is 1.70. The lowest BCUT2D eigenvalue weighted by atomic mass is 9.77. The molecule has 0 unspecified atom stereocenters. The highest BCUT2D eigenvalue weighted by Gasteiger charge is 2.28. The van der Waals surface area contributed by atoms with Crippen LogP contribution >= 0.6 is 0 Å². The van der Waals surface area contributed by atoms with Crippen LogP contribution in [0.2, 0.25) is 0 Å². The smallest absolute Gasteiger partial charge is 0.317 e. The van der Waals surface area contributed by atoms with Gasteiger partial charge in [0.15, 0.2) is 0 Å². The molecule has 2 rings (SSSR count). The van der Waals surface area contributed by atoms with Crippen LogP contribution in [0.25, 0.3) is 0 Å². The first-order chi connectivity index (χ1) is 11.0. The van der Waals surface area contributed by atoms with Crippen molar-refractivity contribution in [2.75, 3.05) is 32.7 Å². The minimum absolute atomic E-state index is 0.195. The third-order valence-corrected chi connectivity index (χ3v) is 6.17. The van der Waals surface area contributed by atoms with Crippen molar-refractivity contribution in [3.8, 4) is 0 Å². The second-order valence-electron chi connectivity index (χ2n) is 8.01. The van der Waals surface area contributed by atoms with Gasteiger partial charge in [-0.25, -0.2) is 0 Å². The molecule has 0 aromatic heterocycles. The minimum atomic E-state index is -0.698. The molecule has 1 N–H and O–H groups in total. The number of rotatable bonds is 7. The van der Waals surface area contributed by atoms with Gasteiger partial charge in [0.2, 0.25) is 0 Å². The molecule has 23 heavy (non-hydrogen) atoms. The highest BCUT2D eigenvalue weighted by atomic mass is 16.4. The van der Waals surface area contributed by atoms with E-state index >= 15 is 0 Å². The number of carboxylic acid groups (broad SMARTS) is 1. The Hall–Kier alpha value is -0.610. The number of carbonyl (C=O) groups is 1. The van der Waals surface area contributed by atoms with E-state index in [1.54, 1.807) is 0 Å². The van der Waals surface area contributed by atoms with Crippen LogP contribution in [0.4, 0.5) is 0 Å². The molecule has 0 aromatic carbocycles. The summed E-state index contributed by atoms with van der Waals surface area (Å²) in [7, 11) is 0. The van der Waals surface area contributed by atoms with Crippen LogP contribution in [0.5, 0.6) is 0 Å². The van der Waals surface area contributed by atoms with Gasteiger partial charge in [0.05, 0.1) is 6.54 Å². The fourth-order valence-electron chi connectivity index (χ4n) is 4.54. The van der Waals surface area contributed by atoms with E-state index < -0.39 is 5.97 Å². The summed E-state index contributed by atoms with van der Waals surface area (Å²) in [5.41, 5.74) is 0. The topological polar surface area (TPSA) is 43.8 Å². The Labute approximate surface area is 142 Å². The molecule has 4 nitrogen and oxygen atoms in total. The molecule has 1 saturated heterocycles. The van der Waals surface area contributed by atoms with Gasteiger partial charge in [-0.1, -0.05) is 20.8 Å². The highest BCUT2D eigenvalue weighted by Crippen LogP contribution is 2.34. The van der Waals surface area contributed by atoms with Crippen LogP contribution in [-0.4, -0.2) is 59.6 Å². The van der Waals surface area contributed by atoms with Gasteiger partial charge in [-0.15, -0.1) is 0 Å². The molecule has 1 aliphatic carbocycles. The average molecular weight is 325 g/mol. The molecule has 1 heterocycles. The maximum Gasteiger partial charge on any atom is 0.317 e. The molecule has 0 aromatic rings. The molecule has 0 amide bonds. The number of carboxylic acids is 1. The van der Waals surface area contributed by atoms with Crippen molar-refractivity contribution >= 4 is 5.97 Å². The molecule has 0 atom stereocenters. The maximum atomic E-state index is 11.0. The van der Waals surface area contributed by atoms with Crippen LogP contribution in [0.3, 0.4) is 0 Å². The van der Waals surface area contributed by atoms with E-state index in [-0.39, 0.29) is 6.54 Å².